The normalized spacial score (nSPS) is 23.6. The summed E-state index contributed by atoms with van der Waals surface area (Å²) in [6.45, 7) is 9.24. The first-order valence-corrected chi connectivity index (χ1v) is 7.68. The molecule has 1 heterocycles. The lowest BCUT2D eigenvalue weighted by molar-refractivity contribution is -0.117. The zero-order chi connectivity index (χ0) is 14.5. The standard InChI is InChI=1S/C17H26N2O/c1-4-15-5-7-16(8-6-15)18-17(20)12-19-10-13(2)9-14(3)11-19/h5-8,13-14H,4,9-12H2,1-3H3,(H,18,20)/t13-,14-/m0/s1. The Morgan fingerprint density at radius 3 is 2.35 bits per heavy atom. The van der Waals surface area contributed by atoms with Crippen molar-refractivity contribution in [3.63, 3.8) is 0 Å². The van der Waals surface area contributed by atoms with Gasteiger partial charge in [-0.3, -0.25) is 9.69 Å². The van der Waals surface area contributed by atoms with Crippen LogP contribution in [-0.2, 0) is 11.2 Å². The second-order valence-corrected chi connectivity index (χ2v) is 6.24. The largest absolute Gasteiger partial charge is 0.325 e. The maximum atomic E-state index is 12.1. The molecule has 1 saturated heterocycles. The van der Waals surface area contributed by atoms with Gasteiger partial charge in [0.2, 0.25) is 5.91 Å². The molecule has 0 spiro atoms. The van der Waals surface area contributed by atoms with Crippen molar-refractivity contribution in [1.82, 2.24) is 4.90 Å². The number of nitrogens with zero attached hydrogens (tertiary/aromatic N) is 1. The molecule has 1 aromatic carbocycles. The monoisotopic (exact) mass is 274 g/mol. The number of aryl methyl sites for hydroxylation is 1. The van der Waals surface area contributed by atoms with Crippen LogP contribution >= 0.6 is 0 Å². The summed E-state index contributed by atoms with van der Waals surface area (Å²) in [5.41, 5.74) is 2.19. The van der Waals surface area contributed by atoms with E-state index in [0.717, 1.165) is 25.2 Å². The number of piperidine rings is 1. The third kappa shape index (κ3) is 4.34. The van der Waals surface area contributed by atoms with Gasteiger partial charge in [-0.05, 0) is 42.4 Å². The van der Waals surface area contributed by atoms with Gasteiger partial charge in [-0.15, -0.1) is 0 Å². The Kier molecular flexibility index (Phi) is 5.18. The van der Waals surface area contributed by atoms with E-state index in [9.17, 15) is 4.79 Å². The lowest BCUT2D eigenvalue weighted by Gasteiger charge is -2.34. The Balaban J connectivity index is 1.85. The van der Waals surface area contributed by atoms with Crippen LogP contribution in [0, 0.1) is 11.8 Å². The van der Waals surface area contributed by atoms with Crippen LogP contribution in [0.15, 0.2) is 24.3 Å². The van der Waals surface area contributed by atoms with Crippen molar-refractivity contribution in [2.75, 3.05) is 25.0 Å². The second kappa shape index (κ2) is 6.89. The third-order valence-corrected chi connectivity index (χ3v) is 3.96. The maximum Gasteiger partial charge on any atom is 0.238 e. The Morgan fingerprint density at radius 1 is 1.20 bits per heavy atom. The van der Waals surface area contributed by atoms with Crippen molar-refractivity contribution in [3.05, 3.63) is 29.8 Å². The molecular formula is C17H26N2O. The first-order valence-electron chi connectivity index (χ1n) is 7.68. The van der Waals surface area contributed by atoms with Gasteiger partial charge in [0.25, 0.3) is 0 Å². The number of hydrogen-bond donors (Lipinski definition) is 1. The zero-order valence-electron chi connectivity index (χ0n) is 12.9. The smallest absolute Gasteiger partial charge is 0.238 e. The predicted octanol–water partition coefficient (Wildman–Crippen LogP) is 3.17. The van der Waals surface area contributed by atoms with Crippen molar-refractivity contribution < 1.29 is 4.79 Å². The zero-order valence-corrected chi connectivity index (χ0v) is 12.9. The van der Waals surface area contributed by atoms with E-state index >= 15 is 0 Å². The molecule has 0 radical (unpaired) electrons. The summed E-state index contributed by atoms with van der Waals surface area (Å²) in [7, 11) is 0. The van der Waals surface area contributed by atoms with Crippen LogP contribution in [0.2, 0.25) is 0 Å². The summed E-state index contributed by atoms with van der Waals surface area (Å²) in [5, 5.41) is 2.99. The van der Waals surface area contributed by atoms with Crippen molar-refractivity contribution in [3.8, 4) is 0 Å². The molecular weight excluding hydrogens is 248 g/mol. The molecule has 0 aromatic heterocycles. The van der Waals surface area contributed by atoms with Gasteiger partial charge in [0, 0.05) is 18.8 Å². The number of carbonyl (C=O) groups is 1. The summed E-state index contributed by atoms with van der Waals surface area (Å²) < 4.78 is 0. The number of carbonyl (C=O) groups excluding carboxylic acids is 1. The Morgan fingerprint density at radius 2 is 1.80 bits per heavy atom. The lowest BCUT2D eigenvalue weighted by atomic mass is 9.92. The molecule has 1 fully saturated rings. The number of hydrogen-bond acceptors (Lipinski definition) is 2. The highest BCUT2D eigenvalue weighted by atomic mass is 16.2. The topological polar surface area (TPSA) is 32.3 Å². The SMILES string of the molecule is CCc1ccc(NC(=O)CN2C[C@@H](C)C[C@H](C)C2)cc1. The van der Waals surface area contributed by atoms with Crippen molar-refractivity contribution >= 4 is 11.6 Å². The average molecular weight is 274 g/mol. The van der Waals surface area contributed by atoms with Crippen molar-refractivity contribution in [2.45, 2.75) is 33.6 Å². The molecule has 3 heteroatoms. The molecule has 2 rings (SSSR count). The van der Waals surface area contributed by atoms with E-state index in [-0.39, 0.29) is 5.91 Å². The molecule has 2 atom stereocenters. The molecule has 0 saturated carbocycles. The van der Waals surface area contributed by atoms with E-state index < -0.39 is 0 Å². The van der Waals surface area contributed by atoms with Gasteiger partial charge in [-0.25, -0.2) is 0 Å². The van der Waals surface area contributed by atoms with Gasteiger partial charge in [-0.2, -0.15) is 0 Å². The fourth-order valence-corrected chi connectivity index (χ4v) is 3.15. The highest BCUT2D eigenvalue weighted by Gasteiger charge is 2.23. The van der Waals surface area contributed by atoms with Crippen LogP contribution in [0.4, 0.5) is 5.69 Å². The van der Waals surface area contributed by atoms with Crippen LogP contribution in [0.3, 0.4) is 0 Å². The Hall–Kier alpha value is -1.35. The van der Waals surface area contributed by atoms with Gasteiger partial charge < -0.3 is 5.32 Å². The number of rotatable bonds is 4. The summed E-state index contributed by atoms with van der Waals surface area (Å²) in [4.78, 5) is 14.4. The maximum absolute atomic E-state index is 12.1. The van der Waals surface area contributed by atoms with Crippen LogP contribution < -0.4 is 5.32 Å². The van der Waals surface area contributed by atoms with Gasteiger partial charge in [0.05, 0.1) is 6.54 Å². The molecule has 3 nitrogen and oxygen atoms in total. The number of nitrogens with one attached hydrogen (secondary N) is 1. The molecule has 0 bridgehead atoms. The number of likely N-dealkylation sites (tertiary alicyclic amines) is 1. The Labute approximate surface area is 122 Å². The van der Waals surface area contributed by atoms with Gasteiger partial charge in [0.15, 0.2) is 0 Å². The highest BCUT2D eigenvalue weighted by Crippen LogP contribution is 2.20. The lowest BCUT2D eigenvalue weighted by Crippen LogP contribution is -2.42. The number of amides is 1. The molecule has 1 aliphatic rings. The molecule has 1 aromatic rings. The van der Waals surface area contributed by atoms with Gasteiger partial charge in [0.1, 0.15) is 0 Å². The molecule has 1 amide bonds. The van der Waals surface area contributed by atoms with E-state index in [1.54, 1.807) is 0 Å². The number of benzene rings is 1. The fourth-order valence-electron chi connectivity index (χ4n) is 3.15. The summed E-state index contributed by atoms with van der Waals surface area (Å²) in [6, 6.07) is 8.11. The molecule has 110 valence electrons. The molecule has 0 unspecified atom stereocenters. The second-order valence-electron chi connectivity index (χ2n) is 6.24. The minimum Gasteiger partial charge on any atom is -0.325 e. The van der Waals surface area contributed by atoms with E-state index in [1.807, 2.05) is 12.1 Å². The summed E-state index contributed by atoms with van der Waals surface area (Å²) in [6.07, 6.45) is 2.30. The fraction of sp³-hybridized carbons (Fsp3) is 0.588. The van der Waals surface area contributed by atoms with E-state index in [2.05, 4.69) is 43.1 Å². The van der Waals surface area contributed by atoms with Crippen LogP contribution in [0.1, 0.15) is 32.8 Å². The minimum atomic E-state index is 0.0931. The van der Waals surface area contributed by atoms with Crippen LogP contribution in [0.5, 0.6) is 0 Å². The predicted molar refractivity (Wildman–Crippen MR) is 83.8 cm³/mol. The number of anilines is 1. The summed E-state index contributed by atoms with van der Waals surface area (Å²) in [5.74, 6) is 1.47. The molecule has 20 heavy (non-hydrogen) atoms. The first kappa shape index (κ1) is 15.0. The minimum absolute atomic E-state index is 0.0931. The van der Waals surface area contributed by atoms with Crippen molar-refractivity contribution in [1.29, 1.82) is 0 Å². The van der Waals surface area contributed by atoms with E-state index in [0.29, 0.717) is 18.4 Å². The van der Waals surface area contributed by atoms with E-state index in [4.69, 9.17) is 0 Å². The van der Waals surface area contributed by atoms with Crippen LogP contribution in [0.25, 0.3) is 0 Å². The average Bonchev–Trinajstić information content (AvgIpc) is 2.38. The molecule has 1 aliphatic heterocycles. The Bertz CT molecular complexity index is 431. The highest BCUT2D eigenvalue weighted by molar-refractivity contribution is 5.92. The van der Waals surface area contributed by atoms with Crippen LogP contribution in [-0.4, -0.2) is 30.4 Å². The quantitative estimate of drug-likeness (QED) is 0.914. The summed E-state index contributed by atoms with van der Waals surface area (Å²) >= 11 is 0. The van der Waals surface area contributed by atoms with Crippen molar-refractivity contribution in [2.24, 2.45) is 11.8 Å². The molecule has 0 aliphatic carbocycles. The van der Waals surface area contributed by atoms with Gasteiger partial charge >= 0.3 is 0 Å². The first-order chi connectivity index (χ1) is 9.56. The van der Waals surface area contributed by atoms with E-state index in [1.165, 1.54) is 12.0 Å². The third-order valence-electron chi connectivity index (χ3n) is 3.96. The van der Waals surface area contributed by atoms with Gasteiger partial charge in [-0.1, -0.05) is 32.9 Å². The molecule has 1 N–H and O–H groups in total.